The Morgan fingerprint density at radius 3 is 2.54 bits per heavy atom. The number of nitrogens with zero attached hydrogens (tertiary/aromatic N) is 1. The molecule has 0 amide bonds. The molecule has 1 heterocycles. The Bertz CT molecular complexity index is 307. The lowest BCUT2D eigenvalue weighted by Crippen LogP contribution is -2.11. The fourth-order valence-corrected chi connectivity index (χ4v) is 1.31. The van der Waals surface area contributed by atoms with Crippen molar-refractivity contribution >= 4 is 11.6 Å². The number of hydrogen-bond acceptors (Lipinski definition) is 1. The van der Waals surface area contributed by atoms with E-state index in [2.05, 4.69) is 4.98 Å². The lowest BCUT2D eigenvalue weighted by Gasteiger charge is -2.13. The number of aromatic nitrogens is 1. The van der Waals surface area contributed by atoms with Crippen LogP contribution in [0.4, 0.5) is 8.78 Å². The van der Waals surface area contributed by atoms with Gasteiger partial charge >= 0.3 is 0 Å². The van der Waals surface area contributed by atoms with Crippen LogP contribution >= 0.6 is 11.6 Å². The summed E-state index contributed by atoms with van der Waals surface area (Å²) in [5.41, 5.74) is 0.319. The minimum atomic E-state index is -2.84. The lowest BCUT2D eigenvalue weighted by atomic mass is 10.1. The molecule has 0 aromatic carbocycles. The number of hydrogen-bond donors (Lipinski definition) is 0. The van der Waals surface area contributed by atoms with Gasteiger partial charge in [0.25, 0.3) is 5.92 Å². The Morgan fingerprint density at radius 2 is 2.08 bits per heavy atom. The van der Waals surface area contributed by atoms with Crippen molar-refractivity contribution in [2.24, 2.45) is 0 Å². The molecule has 0 atom stereocenters. The fraction of sp³-hybridized carbons (Fsp3) is 0.444. The van der Waals surface area contributed by atoms with E-state index in [0.717, 1.165) is 6.92 Å². The molecule has 1 aromatic rings. The molecule has 1 aromatic heterocycles. The topological polar surface area (TPSA) is 12.9 Å². The number of alkyl halides is 2. The van der Waals surface area contributed by atoms with Crippen molar-refractivity contribution in [3.05, 3.63) is 28.5 Å². The van der Waals surface area contributed by atoms with Crippen LogP contribution in [0.1, 0.15) is 25.1 Å². The second kappa shape index (κ2) is 3.58. The largest absolute Gasteiger partial charge is 0.272 e. The van der Waals surface area contributed by atoms with Gasteiger partial charge in [-0.2, -0.15) is 0 Å². The third-order valence-corrected chi connectivity index (χ3v) is 1.96. The Kier molecular flexibility index (Phi) is 2.86. The monoisotopic (exact) mass is 205 g/mol. The second-order valence-electron chi connectivity index (χ2n) is 2.87. The standard InChI is InChI=1S/C9H10ClF2N/c1-3-7-6(9(2,11)12)4-5-8(10)13-7/h4-5H,3H2,1-2H3. The molecule has 1 rings (SSSR count). The molecule has 0 radical (unpaired) electrons. The van der Waals surface area contributed by atoms with Gasteiger partial charge in [-0.1, -0.05) is 18.5 Å². The molecule has 4 heteroatoms. The maximum atomic E-state index is 13.0. The molecule has 13 heavy (non-hydrogen) atoms. The van der Waals surface area contributed by atoms with E-state index in [1.165, 1.54) is 12.1 Å². The van der Waals surface area contributed by atoms with Crippen LogP contribution in [0.25, 0.3) is 0 Å². The van der Waals surface area contributed by atoms with Gasteiger partial charge in [-0.05, 0) is 18.6 Å². The average molecular weight is 206 g/mol. The van der Waals surface area contributed by atoms with Crippen LogP contribution < -0.4 is 0 Å². The van der Waals surface area contributed by atoms with Crippen LogP contribution in [0.15, 0.2) is 12.1 Å². The molecule has 0 spiro atoms. The van der Waals surface area contributed by atoms with Crippen LogP contribution in [-0.2, 0) is 12.3 Å². The highest BCUT2D eigenvalue weighted by Gasteiger charge is 2.27. The first kappa shape index (κ1) is 10.4. The summed E-state index contributed by atoms with van der Waals surface area (Å²) >= 11 is 5.59. The fourth-order valence-electron chi connectivity index (χ4n) is 1.14. The van der Waals surface area contributed by atoms with Crippen molar-refractivity contribution in [3.63, 3.8) is 0 Å². The average Bonchev–Trinajstić information content (AvgIpc) is 2.01. The minimum Gasteiger partial charge on any atom is -0.241 e. The first-order valence-corrected chi connectivity index (χ1v) is 4.36. The Morgan fingerprint density at radius 1 is 1.46 bits per heavy atom. The highest BCUT2D eigenvalue weighted by Crippen LogP contribution is 2.29. The molecular formula is C9H10ClF2N. The van der Waals surface area contributed by atoms with Crippen LogP contribution in [-0.4, -0.2) is 4.98 Å². The first-order valence-electron chi connectivity index (χ1n) is 3.99. The molecular weight excluding hydrogens is 196 g/mol. The van der Waals surface area contributed by atoms with E-state index in [1.807, 2.05) is 0 Å². The third-order valence-electron chi connectivity index (χ3n) is 1.75. The summed E-state index contributed by atoms with van der Waals surface area (Å²) < 4.78 is 25.9. The van der Waals surface area contributed by atoms with Crippen LogP contribution in [0.3, 0.4) is 0 Å². The van der Waals surface area contributed by atoms with Crippen LogP contribution in [0, 0.1) is 0 Å². The van der Waals surface area contributed by atoms with E-state index in [-0.39, 0.29) is 10.7 Å². The van der Waals surface area contributed by atoms with Gasteiger partial charge in [-0.3, -0.25) is 0 Å². The number of rotatable bonds is 2. The zero-order chi connectivity index (χ0) is 10.1. The van der Waals surface area contributed by atoms with Gasteiger partial charge in [0.2, 0.25) is 0 Å². The summed E-state index contributed by atoms with van der Waals surface area (Å²) in [6, 6.07) is 2.71. The summed E-state index contributed by atoms with van der Waals surface area (Å²) in [6.07, 6.45) is 0.458. The quantitative estimate of drug-likeness (QED) is 0.675. The summed E-state index contributed by atoms with van der Waals surface area (Å²) in [6.45, 7) is 2.63. The number of pyridine rings is 1. The summed E-state index contributed by atoms with van der Waals surface area (Å²) in [4.78, 5) is 3.84. The SMILES string of the molecule is CCc1nc(Cl)ccc1C(C)(F)F. The zero-order valence-electron chi connectivity index (χ0n) is 7.44. The van der Waals surface area contributed by atoms with Gasteiger partial charge in [0.15, 0.2) is 0 Å². The Balaban J connectivity index is 3.22. The van der Waals surface area contributed by atoms with E-state index in [9.17, 15) is 8.78 Å². The molecule has 72 valence electrons. The van der Waals surface area contributed by atoms with E-state index in [0.29, 0.717) is 12.1 Å². The van der Waals surface area contributed by atoms with Crippen molar-refractivity contribution in [2.45, 2.75) is 26.2 Å². The first-order chi connectivity index (χ1) is 5.95. The van der Waals surface area contributed by atoms with Crippen molar-refractivity contribution in [1.29, 1.82) is 0 Å². The zero-order valence-corrected chi connectivity index (χ0v) is 8.20. The summed E-state index contributed by atoms with van der Waals surface area (Å²) in [5.74, 6) is -2.84. The maximum absolute atomic E-state index is 13.0. The molecule has 0 aliphatic carbocycles. The Labute approximate surface area is 80.7 Å². The van der Waals surface area contributed by atoms with Crippen molar-refractivity contribution in [2.75, 3.05) is 0 Å². The van der Waals surface area contributed by atoms with Gasteiger partial charge in [0.1, 0.15) is 5.15 Å². The molecule has 0 aliphatic rings. The maximum Gasteiger partial charge on any atom is 0.272 e. The molecule has 0 saturated carbocycles. The molecule has 0 bridgehead atoms. The summed E-state index contributed by atoms with van der Waals surface area (Å²) in [7, 11) is 0. The smallest absolute Gasteiger partial charge is 0.241 e. The number of aryl methyl sites for hydroxylation is 1. The van der Waals surface area contributed by atoms with Gasteiger partial charge < -0.3 is 0 Å². The van der Waals surface area contributed by atoms with Crippen molar-refractivity contribution in [1.82, 2.24) is 4.98 Å². The second-order valence-corrected chi connectivity index (χ2v) is 3.26. The predicted molar refractivity (Wildman–Crippen MR) is 48.2 cm³/mol. The molecule has 0 saturated heterocycles. The van der Waals surface area contributed by atoms with E-state index < -0.39 is 5.92 Å². The minimum absolute atomic E-state index is 0.0422. The molecule has 0 unspecified atom stereocenters. The van der Waals surface area contributed by atoms with E-state index in [1.54, 1.807) is 6.92 Å². The predicted octanol–water partition coefficient (Wildman–Crippen LogP) is 3.41. The van der Waals surface area contributed by atoms with E-state index in [4.69, 9.17) is 11.6 Å². The third kappa shape index (κ3) is 2.37. The number of halogens is 3. The lowest BCUT2D eigenvalue weighted by molar-refractivity contribution is 0.0161. The molecule has 1 nitrogen and oxygen atoms in total. The van der Waals surface area contributed by atoms with Crippen LogP contribution in [0.5, 0.6) is 0 Å². The molecule has 0 aliphatic heterocycles. The van der Waals surface area contributed by atoms with Gasteiger partial charge in [-0.15, -0.1) is 0 Å². The Hall–Kier alpha value is -0.700. The van der Waals surface area contributed by atoms with Gasteiger partial charge in [-0.25, -0.2) is 13.8 Å². The highest BCUT2D eigenvalue weighted by molar-refractivity contribution is 6.29. The highest BCUT2D eigenvalue weighted by atomic mass is 35.5. The van der Waals surface area contributed by atoms with Crippen molar-refractivity contribution in [3.8, 4) is 0 Å². The van der Waals surface area contributed by atoms with Gasteiger partial charge in [0, 0.05) is 12.5 Å². The van der Waals surface area contributed by atoms with Crippen LogP contribution in [0.2, 0.25) is 5.15 Å². The van der Waals surface area contributed by atoms with Gasteiger partial charge in [0.05, 0.1) is 5.69 Å². The van der Waals surface area contributed by atoms with E-state index >= 15 is 0 Å². The molecule has 0 N–H and O–H groups in total. The summed E-state index contributed by atoms with van der Waals surface area (Å²) in [5, 5.41) is 0.254. The van der Waals surface area contributed by atoms with Crippen molar-refractivity contribution < 1.29 is 8.78 Å². The molecule has 0 fully saturated rings. The normalized spacial score (nSPS) is 11.8.